The average Bonchev–Trinajstić information content (AvgIpc) is 2.87. The Morgan fingerprint density at radius 2 is 1.69 bits per heavy atom. The molecule has 0 atom stereocenters. The van der Waals surface area contributed by atoms with E-state index in [1.807, 2.05) is 4.90 Å². The van der Waals surface area contributed by atoms with Gasteiger partial charge in [-0.05, 0) is 43.5 Å². The van der Waals surface area contributed by atoms with Gasteiger partial charge in [0, 0.05) is 50.9 Å². The van der Waals surface area contributed by atoms with Crippen LogP contribution in [0.15, 0.2) is 46.0 Å². The SMILES string of the molecule is COc1cc2[nH]c(=O)n(CCCCC(=O)N3CCN(c4cccc(C)c4)CC3)c(=O)c2cc1OC. The van der Waals surface area contributed by atoms with E-state index in [-0.39, 0.29) is 18.0 Å². The minimum atomic E-state index is -0.478. The number of H-pyrrole nitrogens is 1. The molecule has 0 aliphatic carbocycles. The van der Waals surface area contributed by atoms with E-state index in [0.29, 0.717) is 54.8 Å². The predicted octanol–water partition coefficient (Wildman–Crippen LogP) is 2.53. The number of methoxy groups -OCH3 is 2. The molecular formula is C26H32N4O5. The molecule has 4 rings (SSSR count). The summed E-state index contributed by atoms with van der Waals surface area (Å²) in [6.45, 7) is 5.34. The van der Waals surface area contributed by atoms with Crippen molar-refractivity contribution in [1.82, 2.24) is 14.5 Å². The highest BCUT2D eigenvalue weighted by atomic mass is 16.5. The molecule has 1 amide bonds. The molecule has 1 N–H and O–H groups in total. The maximum absolute atomic E-state index is 12.9. The highest BCUT2D eigenvalue weighted by molar-refractivity contribution is 5.81. The number of aromatic nitrogens is 2. The van der Waals surface area contributed by atoms with Crippen LogP contribution >= 0.6 is 0 Å². The highest BCUT2D eigenvalue weighted by Crippen LogP contribution is 2.29. The summed E-state index contributed by atoms with van der Waals surface area (Å²) in [7, 11) is 2.99. The molecule has 0 saturated carbocycles. The zero-order chi connectivity index (χ0) is 24.9. The second kappa shape index (κ2) is 10.7. The number of hydrogen-bond acceptors (Lipinski definition) is 6. The number of rotatable bonds is 8. The Balaban J connectivity index is 1.32. The Labute approximate surface area is 203 Å². The molecule has 2 heterocycles. The third kappa shape index (κ3) is 5.34. The number of nitrogens with one attached hydrogen (secondary N) is 1. The minimum absolute atomic E-state index is 0.116. The van der Waals surface area contributed by atoms with Crippen molar-refractivity contribution >= 4 is 22.5 Å². The molecule has 0 bridgehead atoms. The van der Waals surface area contributed by atoms with E-state index in [9.17, 15) is 14.4 Å². The minimum Gasteiger partial charge on any atom is -0.493 e. The number of carbonyl (C=O) groups is 1. The van der Waals surface area contributed by atoms with Gasteiger partial charge in [-0.15, -0.1) is 0 Å². The van der Waals surface area contributed by atoms with Crippen molar-refractivity contribution in [2.24, 2.45) is 0 Å². The van der Waals surface area contributed by atoms with Crippen molar-refractivity contribution in [3.63, 3.8) is 0 Å². The highest BCUT2D eigenvalue weighted by Gasteiger charge is 2.21. The number of aryl methyl sites for hydroxylation is 1. The topological polar surface area (TPSA) is 96.9 Å². The van der Waals surface area contributed by atoms with Gasteiger partial charge >= 0.3 is 5.69 Å². The lowest BCUT2D eigenvalue weighted by molar-refractivity contribution is -0.131. The lowest BCUT2D eigenvalue weighted by Crippen LogP contribution is -2.48. The number of benzene rings is 2. The van der Waals surface area contributed by atoms with Gasteiger partial charge in [0.2, 0.25) is 5.91 Å². The third-order valence-electron chi connectivity index (χ3n) is 6.51. The molecule has 9 nitrogen and oxygen atoms in total. The van der Waals surface area contributed by atoms with E-state index in [4.69, 9.17) is 9.47 Å². The molecular weight excluding hydrogens is 448 g/mol. The van der Waals surface area contributed by atoms with Gasteiger partial charge in [0.1, 0.15) is 0 Å². The Kier molecular flexibility index (Phi) is 7.43. The number of hydrogen-bond donors (Lipinski definition) is 1. The summed E-state index contributed by atoms with van der Waals surface area (Å²) in [5, 5.41) is 0.352. The molecule has 9 heteroatoms. The largest absolute Gasteiger partial charge is 0.493 e. The zero-order valence-electron chi connectivity index (χ0n) is 20.5. The summed E-state index contributed by atoms with van der Waals surface area (Å²) >= 11 is 0. The molecule has 35 heavy (non-hydrogen) atoms. The number of ether oxygens (including phenoxy) is 2. The van der Waals surface area contributed by atoms with Crippen LogP contribution in [0.5, 0.6) is 11.5 Å². The van der Waals surface area contributed by atoms with E-state index in [0.717, 1.165) is 13.1 Å². The second-order valence-electron chi connectivity index (χ2n) is 8.80. The first-order chi connectivity index (χ1) is 16.9. The average molecular weight is 481 g/mol. The number of anilines is 1. The van der Waals surface area contributed by atoms with E-state index in [2.05, 4.69) is 41.1 Å². The summed E-state index contributed by atoms with van der Waals surface area (Å²) in [6.07, 6.45) is 1.55. The molecule has 1 saturated heterocycles. The van der Waals surface area contributed by atoms with Crippen LogP contribution < -0.4 is 25.6 Å². The van der Waals surface area contributed by atoms with E-state index < -0.39 is 5.69 Å². The summed E-state index contributed by atoms with van der Waals surface area (Å²) in [5.41, 5.74) is 1.95. The summed E-state index contributed by atoms with van der Waals surface area (Å²) < 4.78 is 11.7. The fourth-order valence-corrected chi connectivity index (χ4v) is 4.53. The van der Waals surface area contributed by atoms with Crippen molar-refractivity contribution in [2.45, 2.75) is 32.7 Å². The first-order valence-corrected chi connectivity index (χ1v) is 11.9. The molecule has 1 fully saturated rings. The molecule has 3 aromatic rings. The lowest BCUT2D eigenvalue weighted by atomic mass is 10.1. The Morgan fingerprint density at radius 1 is 0.971 bits per heavy atom. The number of amides is 1. The van der Waals surface area contributed by atoms with Gasteiger partial charge in [0.25, 0.3) is 5.56 Å². The molecule has 0 spiro atoms. The predicted molar refractivity (Wildman–Crippen MR) is 136 cm³/mol. The first-order valence-electron chi connectivity index (χ1n) is 11.9. The van der Waals surface area contributed by atoms with Crippen LogP contribution in [-0.2, 0) is 11.3 Å². The summed E-state index contributed by atoms with van der Waals surface area (Å²) in [5.74, 6) is 0.973. The first kappa shape index (κ1) is 24.4. The van der Waals surface area contributed by atoms with E-state index in [1.54, 1.807) is 12.1 Å². The molecule has 1 aromatic heterocycles. The third-order valence-corrected chi connectivity index (χ3v) is 6.51. The van der Waals surface area contributed by atoms with Gasteiger partial charge in [0.05, 0.1) is 25.1 Å². The Bertz CT molecular complexity index is 1320. The normalized spacial score (nSPS) is 13.8. The van der Waals surface area contributed by atoms with Gasteiger partial charge < -0.3 is 24.3 Å². The van der Waals surface area contributed by atoms with Gasteiger partial charge in [-0.3, -0.25) is 14.2 Å². The maximum atomic E-state index is 12.9. The number of nitrogens with zero attached hydrogens (tertiary/aromatic N) is 3. The van der Waals surface area contributed by atoms with E-state index in [1.165, 1.54) is 30.0 Å². The van der Waals surface area contributed by atoms with Crippen molar-refractivity contribution < 1.29 is 14.3 Å². The van der Waals surface area contributed by atoms with Crippen LogP contribution in [0, 0.1) is 6.92 Å². The van der Waals surface area contributed by atoms with Gasteiger partial charge in [-0.2, -0.15) is 0 Å². The van der Waals surface area contributed by atoms with Crippen LogP contribution in [0.1, 0.15) is 24.8 Å². The van der Waals surface area contributed by atoms with Gasteiger partial charge in [0.15, 0.2) is 11.5 Å². The van der Waals surface area contributed by atoms with Crippen molar-refractivity contribution in [3.05, 3.63) is 62.8 Å². The number of unbranched alkanes of at least 4 members (excludes halogenated alkanes) is 1. The van der Waals surface area contributed by atoms with Gasteiger partial charge in [-0.25, -0.2) is 4.79 Å². The number of carbonyl (C=O) groups excluding carboxylic acids is 1. The second-order valence-corrected chi connectivity index (χ2v) is 8.80. The van der Waals surface area contributed by atoms with E-state index >= 15 is 0 Å². The van der Waals surface area contributed by atoms with Crippen LogP contribution in [-0.4, -0.2) is 60.8 Å². The molecule has 1 aliphatic heterocycles. The smallest absolute Gasteiger partial charge is 0.328 e. The molecule has 1 aliphatic rings. The summed E-state index contributed by atoms with van der Waals surface area (Å²) in [4.78, 5) is 45.1. The van der Waals surface area contributed by atoms with Crippen LogP contribution in [0.2, 0.25) is 0 Å². The monoisotopic (exact) mass is 480 g/mol. The lowest BCUT2D eigenvalue weighted by Gasteiger charge is -2.36. The number of piperazine rings is 1. The quantitative estimate of drug-likeness (QED) is 0.498. The molecule has 2 aromatic carbocycles. The van der Waals surface area contributed by atoms with Crippen LogP contribution in [0.3, 0.4) is 0 Å². The van der Waals surface area contributed by atoms with Crippen molar-refractivity contribution in [1.29, 1.82) is 0 Å². The number of aromatic amines is 1. The fraction of sp³-hybridized carbons (Fsp3) is 0.423. The Hall–Kier alpha value is -3.75. The summed E-state index contributed by atoms with van der Waals surface area (Å²) in [6, 6.07) is 11.6. The van der Waals surface area contributed by atoms with Gasteiger partial charge in [-0.1, -0.05) is 12.1 Å². The van der Waals surface area contributed by atoms with Crippen molar-refractivity contribution in [2.75, 3.05) is 45.3 Å². The Morgan fingerprint density at radius 3 is 2.37 bits per heavy atom. The van der Waals surface area contributed by atoms with Crippen molar-refractivity contribution in [3.8, 4) is 11.5 Å². The molecule has 186 valence electrons. The zero-order valence-corrected chi connectivity index (χ0v) is 20.5. The standard InChI is InChI=1S/C26H32N4O5/c1-18-7-6-8-19(15-18)28-11-13-29(14-12-28)24(31)9-4-5-10-30-25(32)20-16-22(34-2)23(35-3)17-21(20)27-26(30)33/h6-8,15-17H,4-5,9-14H2,1-3H3,(H,27,33). The molecule has 0 radical (unpaired) electrons. The van der Waals surface area contributed by atoms with Crippen LogP contribution in [0.4, 0.5) is 5.69 Å². The number of fused-ring (bicyclic) bond motifs is 1. The maximum Gasteiger partial charge on any atom is 0.328 e. The molecule has 0 unspecified atom stereocenters. The van der Waals surface area contributed by atoms with Crippen LogP contribution in [0.25, 0.3) is 10.9 Å². The fourth-order valence-electron chi connectivity index (χ4n) is 4.53.